The van der Waals surface area contributed by atoms with Crippen molar-refractivity contribution in [3.05, 3.63) is 47.6 Å². The third-order valence-corrected chi connectivity index (χ3v) is 2.66. The Balaban J connectivity index is 1.79. The van der Waals surface area contributed by atoms with Crippen molar-refractivity contribution in [1.29, 1.82) is 0 Å². The molecule has 17 heavy (non-hydrogen) atoms. The van der Waals surface area contributed by atoms with Gasteiger partial charge >= 0.3 is 0 Å². The molecule has 0 saturated heterocycles. The fraction of sp³-hybridized carbons (Fsp3) is 0.385. The van der Waals surface area contributed by atoms with E-state index < -0.39 is 0 Å². The van der Waals surface area contributed by atoms with Gasteiger partial charge in [-0.1, -0.05) is 42.4 Å². The molecule has 1 aromatic heterocycles. The van der Waals surface area contributed by atoms with Gasteiger partial charge in [0.25, 0.3) is 0 Å². The summed E-state index contributed by atoms with van der Waals surface area (Å²) in [7, 11) is 0. The molecule has 4 nitrogen and oxygen atoms in total. The monoisotopic (exact) mass is 231 g/mol. The molecular formula is C13H17N3O. The molecule has 2 rings (SSSR count). The zero-order valence-corrected chi connectivity index (χ0v) is 10.2. The Bertz CT molecular complexity index is 453. The zero-order chi connectivity index (χ0) is 12.1. The summed E-state index contributed by atoms with van der Waals surface area (Å²) in [6, 6.07) is 10.4. The van der Waals surface area contributed by atoms with Crippen molar-refractivity contribution in [3.63, 3.8) is 0 Å². The predicted octanol–water partition coefficient (Wildman–Crippen LogP) is 2.27. The van der Waals surface area contributed by atoms with Crippen molar-refractivity contribution >= 4 is 0 Å². The van der Waals surface area contributed by atoms with E-state index in [0.717, 1.165) is 6.54 Å². The Labute approximate surface area is 101 Å². The number of aryl methyl sites for hydroxylation is 1. The molecule has 1 aromatic carbocycles. The molecule has 0 fully saturated rings. The highest BCUT2D eigenvalue weighted by atomic mass is 16.5. The molecule has 0 amide bonds. The molecule has 0 aliphatic carbocycles. The molecule has 1 atom stereocenters. The van der Waals surface area contributed by atoms with Crippen LogP contribution in [0.3, 0.4) is 0 Å². The maximum absolute atomic E-state index is 5.03. The summed E-state index contributed by atoms with van der Waals surface area (Å²) in [5.41, 5.74) is 1.33. The van der Waals surface area contributed by atoms with Crippen molar-refractivity contribution in [2.75, 3.05) is 6.54 Å². The van der Waals surface area contributed by atoms with Crippen molar-refractivity contribution < 1.29 is 4.52 Å². The second-order valence-corrected chi connectivity index (χ2v) is 4.18. The van der Waals surface area contributed by atoms with Gasteiger partial charge in [0.1, 0.15) is 0 Å². The summed E-state index contributed by atoms with van der Waals surface area (Å²) in [5.74, 6) is 1.79. The van der Waals surface area contributed by atoms with Crippen LogP contribution >= 0.6 is 0 Å². The SMILES string of the molecule is Cc1noc(CNCC(C)c2ccccc2)n1. The minimum Gasteiger partial charge on any atom is -0.338 e. The fourth-order valence-electron chi connectivity index (χ4n) is 1.71. The van der Waals surface area contributed by atoms with E-state index in [4.69, 9.17) is 4.52 Å². The van der Waals surface area contributed by atoms with Gasteiger partial charge < -0.3 is 9.84 Å². The maximum Gasteiger partial charge on any atom is 0.240 e. The van der Waals surface area contributed by atoms with Gasteiger partial charge in [-0.2, -0.15) is 4.98 Å². The number of nitrogens with one attached hydrogen (secondary N) is 1. The number of hydrogen-bond donors (Lipinski definition) is 1. The normalized spacial score (nSPS) is 12.6. The molecule has 1 N–H and O–H groups in total. The Kier molecular flexibility index (Phi) is 3.88. The van der Waals surface area contributed by atoms with Crippen LogP contribution in [0.1, 0.15) is 30.1 Å². The van der Waals surface area contributed by atoms with Crippen LogP contribution in [0.5, 0.6) is 0 Å². The van der Waals surface area contributed by atoms with Crippen LogP contribution in [0.25, 0.3) is 0 Å². The molecule has 2 aromatic rings. The fourth-order valence-corrected chi connectivity index (χ4v) is 1.71. The van der Waals surface area contributed by atoms with E-state index in [2.05, 4.69) is 46.6 Å². The molecule has 0 saturated carbocycles. The molecule has 0 bridgehead atoms. The average molecular weight is 231 g/mol. The quantitative estimate of drug-likeness (QED) is 0.857. The van der Waals surface area contributed by atoms with Crippen LogP contribution in [0, 0.1) is 6.92 Å². The Hall–Kier alpha value is -1.68. The second-order valence-electron chi connectivity index (χ2n) is 4.18. The van der Waals surface area contributed by atoms with Crippen LogP contribution in [0.4, 0.5) is 0 Å². The van der Waals surface area contributed by atoms with E-state index in [-0.39, 0.29) is 0 Å². The summed E-state index contributed by atoms with van der Waals surface area (Å²) in [6.45, 7) is 5.53. The van der Waals surface area contributed by atoms with Gasteiger partial charge in [0, 0.05) is 6.54 Å². The smallest absolute Gasteiger partial charge is 0.240 e. The first-order valence-corrected chi connectivity index (χ1v) is 5.80. The van der Waals surface area contributed by atoms with E-state index in [1.807, 2.05) is 13.0 Å². The minimum absolute atomic E-state index is 0.472. The molecule has 0 radical (unpaired) electrons. The summed E-state index contributed by atoms with van der Waals surface area (Å²) in [4.78, 5) is 4.14. The molecule has 0 aliphatic rings. The van der Waals surface area contributed by atoms with Gasteiger partial charge in [-0.15, -0.1) is 0 Å². The molecule has 0 spiro atoms. The van der Waals surface area contributed by atoms with E-state index in [9.17, 15) is 0 Å². The third kappa shape index (κ3) is 3.39. The van der Waals surface area contributed by atoms with E-state index >= 15 is 0 Å². The summed E-state index contributed by atoms with van der Waals surface area (Å²) < 4.78 is 5.03. The highest BCUT2D eigenvalue weighted by Crippen LogP contribution is 2.13. The largest absolute Gasteiger partial charge is 0.338 e. The van der Waals surface area contributed by atoms with E-state index in [1.54, 1.807) is 0 Å². The van der Waals surface area contributed by atoms with Crippen LogP contribution in [0.15, 0.2) is 34.9 Å². The number of aromatic nitrogens is 2. The molecule has 90 valence electrons. The Morgan fingerprint density at radius 3 is 2.71 bits per heavy atom. The van der Waals surface area contributed by atoms with Gasteiger partial charge in [0.15, 0.2) is 5.82 Å². The standard InChI is InChI=1S/C13H17N3O/c1-10(12-6-4-3-5-7-12)8-14-9-13-15-11(2)16-17-13/h3-7,10,14H,8-9H2,1-2H3. The lowest BCUT2D eigenvalue weighted by atomic mass is 10.0. The van der Waals surface area contributed by atoms with E-state index in [1.165, 1.54) is 5.56 Å². The van der Waals surface area contributed by atoms with E-state index in [0.29, 0.717) is 24.2 Å². The first-order valence-electron chi connectivity index (χ1n) is 5.80. The number of hydrogen-bond acceptors (Lipinski definition) is 4. The third-order valence-electron chi connectivity index (χ3n) is 2.66. The summed E-state index contributed by atoms with van der Waals surface area (Å²) in [5, 5.41) is 7.06. The molecule has 1 heterocycles. The van der Waals surface area contributed by atoms with Crippen molar-refractivity contribution in [1.82, 2.24) is 15.5 Å². The van der Waals surface area contributed by atoms with Gasteiger partial charge in [0.2, 0.25) is 5.89 Å². The number of rotatable bonds is 5. The van der Waals surface area contributed by atoms with Gasteiger partial charge in [-0.25, -0.2) is 0 Å². The lowest BCUT2D eigenvalue weighted by Gasteiger charge is -2.11. The Morgan fingerprint density at radius 2 is 2.06 bits per heavy atom. The first-order chi connectivity index (χ1) is 8.25. The summed E-state index contributed by atoms with van der Waals surface area (Å²) >= 11 is 0. The first kappa shape index (κ1) is 11.8. The van der Waals surface area contributed by atoms with Gasteiger partial charge in [0.05, 0.1) is 6.54 Å². The van der Waals surface area contributed by atoms with Crippen molar-refractivity contribution in [2.45, 2.75) is 26.3 Å². The minimum atomic E-state index is 0.472. The van der Waals surface area contributed by atoms with Crippen molar-refractivity contribution in [3.8, 4) is 0 Å². The maximum atomic E-state index is 5.03. The molecule has 0 aliphatic heterocycles. The summed E-state index contributed by atoms with van der Waals surface area (Å²) in [6.07, 6.45) is 0. The van der Waals surface area contributed by atoms with Crippen molar-refractivity contribution in [2.24, 2.45) is 0 Å². The van der Waals surface area contributed by atoms with Gasteiger partial charge in [-0.3, -0.25) is 0 Å². The Morgan fingerprint density at radius 1 is 1.29 bits per heavy atom. The molecular weight excluding hydrogens is 214 g/mol. The topological polar surface area (TPSA) is 51.0 Å². The number of nitrogens with zero attached hydrogens (tertiary/aromatic N) is 2. The predicted molar refractivity (Wildman–Crippen MR) is 65.6 cm³/mol. The molecule has 4 heteroatoms. The second kappa shape index (κ2) is 5.59. The van der Waals surface area contributed by atoms with Gasteiger partial charge in [-0.05, 0) is 18.4 Å². The van der Waals surface area contributed by atoms with Crippen LogP contribution in [-0.4, -0.2) is 16.7 Å². The average Bonchev–Trinajstić information content (AvgIpc) is 2.76. The number of benzene rings is 1. The lowest BCUT2D eigenvalue weighted by molar-refractivity contribution is 0.363. The van der Waals surface area contributed by atoms with Crippen LogP contribution in [0.2, 0.25) is 0 Å². The molecule has 1 unspecified atom stereocenters. The van der Waals surface area contributed by atoms with Crippen LogP contribution in [-0.2, 0) is 6.54 Å². The zero-order valence-electron chi connectivity index (χ0n) is 10.2. The van der Waals surface area contributed by atoms with Crippen LogP contribution < -0.4 is 5.32 Å². The highest BCUT2D eigenvalue weighted by Gasteiger charge is 2.06. The highest BCUT2D eigenvalue weighted by molar-refractivity contribution is 5.18. The lowest BCUT2D eigenvalue weighted by Crippen LogP contribution is -2.19.